The number of hydrogen-bond donors (Lipinski definition) is 3. The molecule has 0 spiro atoms. The molecule has 3 N–H and O–H groups in total. The highest BCUT2D eigenvalue weighted by molar-refractivity contribution is 7.09. The Morgan fingerprint density at radius 2 is 1.89 bits per heavy atom. The molecular formula is C21H26N4O2S. The second-order valence-electron chi connectivity index (χ2n) is 7.60. The van der Waals surface area contributed by atoms with Crippen LogP contribution >= 0.6 is 11.3 Å². The molecule has 148 valence electrons. The Bertz CT molecular complexity index is 813. The third-order valence-electron chi connectivity index (χ3n) is 5.08. The van der Waals surface area contributed by atoms with Crippen molar-refractivity contribution in [2.75, 3.05) is 5.32 Å². The molecule has 0 aliphatic heterocycles. The molecule has 1 aromatic carbocycles. The number of urea groups is 2. The summed E-state index contributed by atoms with van der Waals surface area (Å²) in [5.74, 6) is 0. The predicted molar refractivity (Wildman–Crippen MR) is 111 cm³/mol. The Balaban J connectivity index is 1.32. The number of benzene rings is 1. The van der Waals surface area contributed by atoms with Crippen LogP contribution in [0.4, 0.5) is 15.3 Å². The van der Waals surface area contributed by atoms with E-state index in [1.165, 1.54) is 4.88 Å². The van der Waals surface area contributed by atoms with Gasteiger partial charge in [0.1, 0.15) is 0 Å². The number of hydrogen-bond acceptors (Lipinski definition) is 3. The van der Waals surface area contributed by atoms with Crippen molar-refractivity contribution in [2.45, 2.75) is 57.3 Å². The van der Waals surface area contributed by atoms with Crippen molar-refractivity contribution in [1.29, 1.82) is 0 Å². The molecule has 1 heterocycles. The van der Waals surface area contributed by atoms with Gasteiger partial charge in [0.2, 0.25) is 0 Å². The van der Waals surface area contributed by atoms with E-state index in [2.05, 4.69) is 22.0 Å². The van der Waals surface area contributed by atoms with Crippen LogP contribution < -0.4 is 16.0 Å². The second-order valence-corrected chi connectivity index (χ2v) is 8.64. The number of nitrogens with zero attached hydrogens (tertiary/aromatic N) is 1. The smallest absolute Gasteiger partial charge is 0.319 e. The van der Waals surface area contributed by atoms with Crippen LogP contribution in [0.1, 0.15) is 49.1 Å². The molecule has 1 aromatic heterocycles. The van der Waals surface area contributed by atoms with E-state index in [-0.39, 0.29) is 18.1 Å². The fourth-order valence-electron chi connectivity index (χ4n) is 3.11. The van der Waals surface area contributed by atoms with E-state index < -0.39 is 0 Å². The molecule has 2 aliphatic carbocycles. The molecule has 2 fully saturated rings. The van der Waals surface area contributed by atoms with Crippen LogP contribution in [0.3, 0.4) is 0 Å². The van der Waals surface area contributed by atoms with Gasteiger partial charge in [0.15, 0.2) is 0 Å². The number of carbonyl (C=O) groups excluding carboxylic acids is 2. The van der Waals surface area contributed by atoms with Crippen LogP contribution in [0.25, 0.3) is 0 Å². The highest BCUT2D eigenvalue weighted by atomic mass is 32.1. The average Bonchev–Trinajstić information content (AvgIpc) is 3.61. The molecule has 2 aliphatic rings. The highest BCUT2D eigenvalue weighted by Crippen LogP contribution is 2.30. The zero-order valence-electron chi connectivity index (χ0n) is 16.0. The topological polar surface area (TPSA) is 73.5 Å². The number of rotatable bonds is 7. The zero-order chi connectivity index (χ0) is 19.5. The van der Waals surface area contributed by atoms with Crippen molar-refractivity contribution in [3.05, 3.63) is 52.2 Å². The summed E-state index contributed by atoms with van der Waals surface area (Å²) in [6.45, 7) is 2.65. The van der Waals surface area contributed by atoms with E-state index in [0.29, 0.717) is 18.6 Å². The third kappa shape index (κ3) is 5.04. The van der Waals surface area contributed by atoms with Crippen LogP contribution in [0.5, 0.6) is 0 Å². The lowest BCUT2D eigenvalue weighted by Gasteiger charge is -2.25. The van der Waals surface area contributed by atoms with E-state index >= 15 is 0 Å². The van der Waals surface area contributed by atoms with Gasteiger partial charge in [0.05, 0.1) is 12.6 Å². The third-order valence-corrected chi connectivity index (χ3v) is 5.94. The molecule has 0 radical (unpaired) electrons. The van der Waals surface area contributed by atoms with Crippen LogP contribution in [-0.4, -0.2) is 29.0 Å². The van der Waals surface area contributed by atoms with Crippen LogP contribution in [0.15, 0.2) is 41.8 Å². The average molecular weight is 399 g/mol. The molecule has 1 atom stereocenters. The summed E-state index contributed by atoms with van der Waals surface area (Å²) in [5.41, 5.74) is 1.76. The largest absolute Gasteiger partial charge is 0.335 e. The van der Waals surface area contributed by atoms with Gasteiger partial charge >= 0.3 is 12.1 Å². The maximum Gasteiger partial charge on any atom is 0.319 e. The molecule has 1 unspecified atom stereocenters. The molecule has 0 saturated heterocycles. The van der Waals surface area contributed by atoms with E-state index in [1.54, 1.807) is 11.3 Å². The number of carbonyl (C=O) groups is 2. The van der Waals surface area contributed by atoms with Crippen LogP contribution in [0.2, 0.25) is 0 Å². The van der Waals surface area contributed by atoms with E-state index in [0.717, 1.165) is 36.9 Å². The lowest BCUT2D eigenvalue weighted by molar-refractivity contribution is 0.189. The first-order chi connectivity index (χ1) is 13.6. The van der Waals surface area contributed by atoms with Crippen LogP contribution in [0, 0.1) is 0 Å². The van der Waals surface area contributed by atoms with Crippen molar-refractivity contribution in [3.63, 3.8) is 0 Å². The molecule has 4 amide bonds. The van der Waals surface area contributed by atoms with Gasteiger partial charge in [-0.3, -0.25) is 0 Å². The van der Waals surface area contributed by atoms with Gasteiger partial charge < -0.3 is 20.9 Å². The maximum atomic E-state index is 12.8. The summed E-state index contributed by atoms with van der Waals surface area (Å²) in [7, 11) is 0. The molecule has 2 aromatic rings. The van der Waals surface area contributed by atoms with Crippen LogP contribution in [-0.2, 0) is 6.54 Å². The fraction of sp³-hybridized carbons (Fsp3) is 0.429. The van der Waals surface area contributed by atoms with Crippen molar-refractivity contribution >= 4 is 29.1 Å². The van der Waals surface area contributed by atoms with Gasteiger partial charge in [0.25, 0.3) is 0 Å². The summed E-state index contributed by atoms with van der Waals surface area (Å²) < 4.78 is 0. The van der Waals surface area contributed by atoms with E-state index in [4.69, 9.17) is 0 Å². The van der Waals surface area contributed by atoms with Gasteiger partial charge in [-0.15, -0.1) is 11.3 Å². The van der Waals surface area contributed by atoms with Gasteiger partial charge in [-0.2, -0.15) is 0 Å². The minimum atomic E-state index is -0.162. The number of nitrogens with one attached hydrogen (secondary N) is 3. The molecular weight excluding hydrogens is 372 g/mol. The van der Waals surface area contributed by atoms with Crippen molar-refractivity contribution in [2.24, 2.45) is 0 Å². The van der Waals surface area contributed by atoms with Gasteiger partial charge in [-0.05, 0) is 61.7 Å². The first-order valence-electron chi connectivity index (χ1n) is 9.85. The molecule has 7 heteroatoms. The first kappa shape index (κ1) is 18.8. The monoisotopic (exact) mass is 398 g/mol. The minimum absolute atomic E-state index is 0.0191. The van der Waals surface area contributed by atoms with Crippen molar-refractivity contribution in [1.82, 2.24) is 15.5 Å². The Morgan fingerprint density at radius 3 is 2.50 bits per heavy atom. The van der Waals surface area contributed by atoms with Gasteiger partial charge in [-0.1, -0.05) is 18.2 Å². The Kier molecular flexibility index (Phi) is 5.52. The molecule has 2 saturated carbocycles. The minimum Gasteiger partial charge on any atom is -0.335 e. The summed E-state index contributed by atoms with van der Waals surface area (Å²) in [4.78, 5) is 27.8. The normalized spacial score (nSPS) is 16.9. The summed E-state index contributed by atoms with van der Waals surface area (Å²) in [5, 5.41) is 10.9. The molecule has 0 bridgehead atoms. The SMILES string of the molecule is CC(NC(=O)N(Cc1cccs1)C1CC1)c1ccc(NC(=O)NC2CC2)cc1. The number of amides is 4. The predicted octanol–water partition coefficient (Wildman–Crippen LogP) is 4.47. The number of anilines is 1. The Hall–Kier alpha value is -2.54. The molecule has 6 nitrogen and oxygen atoms in total. The highest BCUT2D eigenvalue weighted by Gasteiger charge is 2.33. The Morgan fingerprint density at radius 1 is 1.14 bits per heavy atom. The van der Waals surface area contributed by atoms with Crippen molar-refractivity contribution in [3.8, 4) is 0 Å². The summed E-state index contributed by atoms with van der Waals surface area (Å²) in [6.07, 6.45) is 4.29. The zero-order valence-corrected chi connectivity index (χ0v) is 16.8. The van der Waals surface area contributed by atoms with Crippen molar-refractivity contribution < 1.29 is 9.59 Å². The number of thiophene rings is 1. The summed E-state index contributed by atoms with van der Waals surface area (Å²) in [6, 6.07) is 12.1. The lowest BCUT2D eigenvalue weighted by Crippen LogP contribution is -2.41. The Labute approximate surface area is 169 Å². The summed E-state index contributed by atoms with van der Waals surface area (Å²) >= 11 is 1.68. The lowest BCUT2D eigenvalue weighted by atomic mass is 10.1. The maximum absolute atomic E-state index is 12.8. The van der Waals surface area contributed by atoms with E-state index in [1.807, 2.05) is 47.5 Å². The molecule has 28 heavy (non-hydrogen) atoms. The quantitative estimate of drug-likeness (QED) is 0.644. The second kappa shape index (κ2) is 8.22. The van der Waals surface area contributed by atoms with Gasteiger partial charge in [-0.25, -0.2) is 9.59 Å². The molecule has 4 rings (SSSR count). The standard InChI is InChI=1S/C21H26N4O2S/c1-14(15-4-6-16(7-5-15)23-20(26)24-17-8-9-17)22-21(27)25(18-10-11-18)13-19-3-2-12-28-19/h2-7,12,14,17-18H,8-11,13H2,1H3,(H,22,27)(H2,23,24,26). The van der Waals surface area contributed by atoms with E-state index in [9.17, 15) is 9.59 Å². The fourth-order valence-corrected chi connectivity index (χ4v) is 3.81. The van der Waals surface area contributed by atoms with Gasteiger partial charge in [0, 0.05) is 22.6 Å². The first-order valence-corrected chi connectivity index (χ1v) is 10.7.